The lowest BCUT2D eigenvalue weighted by Gasteiger charge is -2.26. The molecule has 1 atom stereocenters. The highest BCUT2D eigenvalue weighted by Crippen LogP contribution is 2.29. The van der Waals surface area contributed by atoms with Crippen LogP contribution in [0.2, 0.25) is 0 Å². The highest BCUT2D eigenvalue weighted by molar-refractivity contribution is 5.78. The first-order chi connectivity index (χ1) is 16.0. The third-order valence-corrected chi connectivity index (χ3v) is 5.17. The predicted octanol–water partition coefficient (Wildman–Crippen LogP) is 3.75. The van der Waals surface area contributed by atoms with Crippen molar-refractivity contribution in [3.05, 3.63) is 70.8 Å². The quantitative estimate of drug-likeness (QED) is 0.272. The first-order valence-corrected chi connectivity index (χ1v) is 10.7. The van der Waals surface area contributed by atoms with Gasteiger partial charge in [0, 0.05) is 31.8 Å². The first kappa shape index (κ1) is 24.1. The normalized spacial score (nSPS) is 15.0. The van der Waals surface area contributed by atoms with Crippen LogP contribution in [-0.2, 0) is 16.1 Å². The van der Waals surface area contributed by atoms with Crippen LogP contribution >= 0.6 is 0 Å². The number of carbonyl (C=O) groups excluding carboxylic acids is 1. The van der Waals surface area contributed by atoms with Gasteiger partial charge in [0.15, 0.2) is 18.1 Å². The van der Waals surface area contributed by atoms with Gasteiger partial charge in [-0.05, 0) is 42.7 Å². The van der Waals surface area contributed by atoms with Crippen LogP contribution in [0.3, 0.4) is 0 Å². The Labute approximate surface area is 192 Å². The molecule has 0 bridgehead atoms. The molecule has 9 nitrogen and oxygen atoms in total. The van der Waals surface area contributed by atoms with Gasteiger partial charge in [-0.25, -0.2) is 0 Å². The topological polar surface area (TPSA) is 100 Å². The van der Waals surface area contributed by atoms with Crippen LogP contribution in [0.15, 0.2) is 55.1 Å². The molecule has 1 saturated heterocycles. The second-order valence-electron chi connectivity index (χ2n) is 7.53. The molecule has 0 spiro atoms. The van der Waals surface area contributed by atoms with Gasteiger partial charge in [0.1, 0.15) is 12.4 Å². The van der Waals surface area contributed by atoms with E-state index in [1.165, 1.54) is 24.3 Å². The smallest absolute Gasteiger partial charge is 0.269 e. The fraction of sp³-hybridized carbons (Fsp3) is 0.375. The van der Waals surface area contributed by atoms with Crippen molar-refractivity contribution in [2.75, 3.05) is 33.5 Å². The van der Waals surface area contributed by atoms with Crippen LogP contribution < -0.4 is 14.2 Å². The van der Waals surface area contributed by atoms with Crippen molar-refractivity contribution in [1.29, 1.82) is 0 Å². The first-order valence-electron chi connectivity index (χ1n) is 10.7. The molecule has 2 aromatic carbocycles. The molecule has 9 heteroatoms. The van der Waals surface area contributed by atoms with Gasteiger partial charge in [0.05, 0.1) is 18.1 Å². The molecule has 176 valence electrons. The number of non-ortho nitro benzene ring substituents is 1. The van der Waals surface area contributed by atoms with Gasteiger partial charge in [-0.3, -0.25) is 14.9 Å². The Bertz CT molecular complexity index is 956. The van der Waals surface area contributed by atoms with Crippen LogP contribution in [0.1, 0.15) is 18.4 Å². The lowest BCUT2D eigenvalue weighted by Crippen LogP contribution is -2.39. The number of carbonyl (C=O) groups is 1. The summed E-state index contributed by atoms with van der Waals surface area (Å²) in [5, 5.41) is 10.8. The average Bonchev–Trinajstić information content (AvgIpc) is 3.34. The summed E-state index contributed by atoms with van der Waals surface area (Å²) in [6.45, 7) is 5.29. The lowest BCUT2D eigenvalue weighted by molar-refractivity contribution is -0.384. The Morgan fingerprint density at radius 2 is 2.03 bits per heavy atom. The average molecular weight is 456 g/mol. The summed E-state index contributed by atoms with van der Waals surface area (Å²) in [5.74, 6) is 1.34. The zero-order valence-corrected chi connectivity index (χ0v) is 18.6. The maximum Gasteiger partial charge on any atom is 0.269 e. The zero-order valence-electron chi connectivity index (χ0n) is 18.6. The van der Waals surface area contributed by atoms with Gasteiger partial charge >= 0.3 is 0 Å². The Morgan fingerprint density at radius 1 is 1.24 bits per heavy atom. The Hall–Kier alpha value is -3.59. The molecular formula is C24H28N2O7. The summed E-state index contributed by atoms with van der Waals surface area (Å²) in [6, 6.07) is 11.2. The zero-order chi connectivity index (χ0) is 23.6. The van der Waals surface area contributed by atoms with Crippen molar-refractivity contribution in [1.82, 2.24) is 4.90 Å². The number of hydrogen-bond acceptors (Lipinski definition) is 7. The molecule has 3 rings (SSSR count). The lowest BCUT2D eigenvalue weighted by atomic mass is 10.1. The van der Waals surface area contributed by atoms with Gasteiger partial charge in [0.25, 0.3) is 11.6 Å². The maximum atomic E-state index is 13.0. The van der Waals surface area contributed by atoms with Gasteiger partial charge in [-0.15, -0.1) is 0 Å². The number of methoxy groups -OCH3 is 1. The fourth-order valence-corrected chi connectivity index (χ4v) is 3.49. The van der Waals surface area contributed by atoms with Crippen molar-refractivity contribution in [3.63, 3.8) is 0 Å². The molecule has 0 saturated carbocycles. The molecular weight excluding hydrogens is 428 g/mol. The van der Waals surface area contributed by atoms with E-state index in [0.717, 1.165) is 18.4 Å². The van der Waals surface area contributed by atoms with E-state index in [2.05, 4.69) is 6.58 Å². The third kappa shape index (κ3) is 6.95. The minimum atomic E-state index is -0.486. The number of amides is 1. The maximum absolute atomic E-state index is 13.0. The van der Waals surface area contributed by atoms with Crippen molar-refractivity contribution < 1.29 is 28.7 Å². The van der Waals surface area contributed by atoms with Crippen molar-refractivity contribution in [3.8, 4) is 17.2 Å². The van der Waals surface area contributed by atoms with E-state index in [4.69, 9.17) is 18.9 Å². The summed E-state index contributed by atoms with van der Waals surface area (Å²) in [5.41, 5.74) is 0.836. The van der Waals surface area contributed by atoms with Crippen LogP contribution in [0, 0.1) is 10.1 Å². The van der Waals surface area contributed by atoms with Crippen molar-refractivity contribution >= 4 is 11.6 Å². The summed E-state index contributed by atoms with van der Waals surface area (Å²) >= 11 is 0. The van der Waals surface area contributed by atoms with E-state index in [-0.39, 0.29) is 24.3 Å². The van der Waals surface area contributed by atoms with Gasteiger partial charge in [0.2, 0.25) is 0 Å². The minimum absolute atomic E-state index is 0.0228. The van der Waals surface area contributed by atoms with E-state index >= 15 is 0 Å². The largest absolute Gasteiger partial charge is 0.493 e. The van der Waals surface area contributed by atoms with E-state index in [1.807, 2.05) is 12.1 Å². The molecule has 1 heterocycles. The molecule has 0 aromatic heterocycles. The van der Waals surface area contributed by atoms with E-state index in [9.17, 15) is 14.9 Å². The minimum Gasteiger partial charge on any atom is -0.493 e. The number of nitro groups is 1. The number of rotatable bonds is 12. The summed E-state index contributed by atoms with van der Waals surface area (Å²) in [6.07, 6.45) is 3.49. The number of nitro benzene ring substituents is 1. The Kier molecular flexibility index (Phi) is 8.65. The van der Waals surface area contributed by atoms with E-state index in [0.29, 0.717) is 43.6 Å². The second-order valence-corrected chi connectivity index (χ2v) is 7.53. The molecule has 1 amide bonds. The number of ether oxygens (including phenoxy) is 4. The molecule has 2 aromatic rings. The summed E-state index contributed by atoms with van der Waals surface area (Å²) in [7, 11) is 1.56. The summed E-state index contributed by atoms with van der Waals surface area (Å²) < 4.78 is 22.3. The molecule has 1 unspecified atom stereocenters. The Morgan fingerprint density at radius 3 is 2.67 bits per heavy atom. The van der Waals surface area contributed by atoms with E-state index < -0.39 is 4.92 Å². The van der Waals surface area contributed by atoms with Gasteiger partial charge < -0.3 is 23.8 Å². The predicted molar refractivity (Wildman–Crippen MR) is 122 cm³/mol. The van der Waals surface area contributed by atoms with Gasteiger partial charge in [-0.1, -0.05) is 18.7 Å². The molecule has 1 fully saturated rings. The summed E-state index contributed by atoms with van der Waals surface area (Å²) in [4.78, 5) is 25.0. The monoisotopic (exact) mass is 456 g/mol. The number of nitrogens with zero attached hydrogens (tertiary/aromatic N) is 2. The molecule has 0 aliphatic carbocycles. The van der Waals surface area contributed by atoms with Crippen LogP contribution in [-0.4, -0.2) is 55.3 Å². The molecule has 0 N–H and O–H groups in total. The highest BCUT2D eigenvalue weighted by atomic mass is 16.6. The fourth-order valence-electron chi connectivity index (χ4n) is 3.49. The third-order valence-electron chi connectivity index (χ3n) is 5.17. The number of benzene rings is 2. The second kappa shape index (κ2) is 11.9. The Balaban J connectivity index is 1.68. The van der Waals surface area contributed by atoms with Gasteiger partial charge in [-0.2, -0.15) is 0 Å². The molecule has 33 heavy (non-hydrogen) atoms. The van der Waals surface area contributed by atoms with Crippen molar-refractivity contribution in [2.24, 2.45) is 0 Å². The van der Waals surface area contributed by atoms with Crippen LogP contribution in [0.5, 0.6) is 17.2 Å². The standard InChI is InChI=1S/C24H28N2O7/c1-3-12-32-22-11-6-18(14-23(22)30-2)15-25(16-21-5-4-13-31-21)24(27)17-33-20-9-7-19(8-10-20)26(28)29/h3,6-11,14,21H,1,4-5,12-13,15-17H2,2H3. The SMILES string of the molecule is C=CCOc1ccc(CN(CC2CCCO2)C(=O)COc2ccc([N+](=O)[O-])cc2)cc1OC. The molecule has 0 radical (unpaired) electrons. The highest BCUT2D eigenvalue weighted by Gasteiger charge is 2.23. The van der Waals surface area contributed by atoms with Crippen molar-refractivity contribution in [2.45, 2.75) is 25.5 Å². The van der Waals surface area contributed by atoms with Crippen LogP contribution in [0.25, 0.3) is 0 Å². The molecule has 1 aliphatic rings. The molecule has 1 aliphatic heterocycles. The number of hydrogen-bond donors (Lipinski definition) is 0. The van der Waals surface area contributed by atoms with E-state index in [1.54, 1.807) is 24.2 Å². The van der Waals surface area contributed by atoms with Crippen LogP contribution in [0.4, 0.5) is 5.69 Å².